The van der Waals surface area contributed by atoms with E-state index in [-0.39, 0.29) is 5.82 Å². The predicted molar refractivity (Wildman–Crippen MR) is 105 cm³/mol. The minimum absolute atomic E-state index is 0.261. The molecular formula is C21H25FN4O. The lowest BCUT2D eigenvalue weighted by atomic mass is 10.1. The quantitative estimate of drug-likeness (QED) is 0.750. The van der Waals surface area contributed by atoms with Gasteiger partial charge in [-0.15, -0.1) is 0 Å². The monoisotopic (exact) mass is 368 g/mol. The van der Waals surface area contributed by atoms with Crippen LogP contribution in [0.5, 0.6) is 5.75 Å². The molecule has 0 saturated carbocycles. The van der Waals surface area contributed by atoms with Crippen LogP contribution in [0, 0.1) is 5.82 Å². The van der Waals surface area contributed by atoms with Crippen molar-refractivity contribution < 1.29 is 9.13 Å². The van der Waals surface area contributed by atoms with Crippen molar-refractivity contribution in [1.82, 2.24) is 19.6 Å². The second-order valence-electron chi connectivity index (χ2n) is 6.79. The van der Waals surface area contributed by atoms with Crippen LogP contribution in [0.4, 0.5) is 4.39 Å². The molecule has 3 heterocycles. The standard InChI is InChI=1S/C21H25FN4O/c1-2-27-19-7-4-3-6-17(19)21-18(15-25-12-5-10-23-11-13-25)26-14-16(22)8-9-20(26)24-21/h3-4,6-9,14,23H,2,5,10-13,15H2,1H3. The third kappa shape index (κ3) is 3.82. The molecule has 0 amide bonds. The summed E-state index contributed by atoms with van der Waals surface area (Å²) in [5.41, 5.74) is 3.56. The van der Waals surface area contributed by atoms with Crippen LogP contribution in [0.2, 0.25) is 0 Å². The predicted octanol–water partition coefficient (Wildman–Crippen LogP) is 3.33. The summed E-state index contributed by atoms with van der Waals surface area (Å²) < 4.78 is 21.7. The fraction of sp³-hybridized carbons (Fsp3) is 0.381. The number of benzene rings is 1. The zero-order valence-corrected chi connectivity index (χ0v) is 15.6. The number of para-hydroxylation sites is 1. The zero-order chi connectivity index (χ0) is 18.6. The van der Waals surface area contributed by atoms with Crippen LogP contribution in [0.15, 0.2) is 42.6 Å². The normalized spacial score (nSPS) is 15.8. The van der Waals surface area contributed by atoms with Gasteiger partial charge in [-0.1, -0.05) is 12.1 Å². The number of aromatic nitrogens is 2. The van der Waals surface area contributed by atoms with Gasteiger partial charge in [-0.2, -0.15) is 0 Å². The highest BCUT2D eigenvalue weighted by atomic mass is 19.1. The summed E-state index contributed by atoms with van der Waals surface area (Å²) in [5.74, 6) is 0.547. The number of nitrogens with one attached hydrogen (secondary N) is 1. The number of nitrogens with zero attached hydrogens (tertiary/aromatic N) is 3. The van der Waals surface area contributed by atoms with Crippen LogP contribution in [0.1, 0.15) is 19.0 Å². The molecule has 1 aliphatic heterocycles. The Hall–Kier alpha value is -2.44. The Kier molecular flexibility index (Phi) is 5.36. The second kappa shape index (κ2) is 8.06. The minimum atomic E-state index is -0.261. The lowest BCUT2D eigenvalue weighted by Gasteiger charge is -2.20. The Morgan fingerprint density at radius 3 is 2.93 bits per heavy atom. The highest BCUT2D eigenvalue weighted by molar-refractivity contribution is 5.72. The van der Waals surface area contributed by atoms with Crippen LogP contribution >= 0.6 is 0 Å². The van der Waals surface area contributed by atoms with Crippen LogP contribution in [-0.2, 0) is 6.54 Å². The molecule has 2 aromatic heterocycles. The van der Waals surface area contributed by atoms with Gasteiger partial charge in [0.05, 0.1) is 18.0 Å². The van der Waals surface area contributed by atoms with Crippen molar-refractivity contribution in [2.75, 3.05) is 32.8 Å². The second-order valence-corrected chi connectivity index (χ2v) is 6.79. The number of pyridine rings is 1. The number of fused-ring (bicyclic) bond motifs is 1. The van der Waals surface area contributed by atoms with E-state index in [4.69, 9.17) is 9.72 Å². The molecule has 0 radical (unpaired) electrons. The van der Waals surface area contributed by atoms with E-state index in [1.165, 1.54) is 12.3 Å². The van der Waals surface area contributed by atoms with Crippen LogP contribution in [0.25, 0.3) is 16.9 Å². The number of rotatable bonds is 5. The van der Waals surface area contributed by atoms with Gasteiger partial charge in [-0.05, 0) is 50.7 Å². The zero-order valence-electron chi connectivity index (χ0n) is 15.6. The number of ether oxygens (including phenoxy) is 1. The number of hydrogen-bond acceptors (Lipinski definition) is 4. The highest BCUT2D eigenvalue weighted by Gasteiger charge is 2.20. The molecule has 27 heavy (non-hydrogen) atoms. The third-order valence-electron chi connectivity index (χ3n) is 4.93. The van der Waals surface area contributed by atoms with Gasteiger partial charge in [0, 0.05) is 31.4 Å². The van der Waals surface area contributed by atoms with E-state index in [2.05, 4.69) is 10.2 Å². The summed E-state index contributed by atoms with van der Waals surface area (Å²) in [7, 11) is 0. The largest absolute Gasteiger partial charge is 0.493 e. The van der Waals surface area contributed by atoms with Crippen molar-refractivity contribution in [3.05, 3.63) is 54.1 Å². The van der Waals surface area contributed by atoms with Crippen LogP contribution in [0.3, 0.4) is 0 Å². The van der Waals surface area contributed by atoms with Gasteiger partial charge in [-0.25, -0.2) is 9.37 Å². The van der Waals surface area contributed by atoms with Crippen molar-refractivity contribution in [2.45, 2.75) is 19.9 Å². The van der Waals surface area contributed by atoms with Crippen LogP contribution in [-0.4, -0.2) is 47.1 Å². The molecule has 3 aromatic rings. The fourth-order valence-corrected chi connectivity index (χ4v) is 3.65. The van der Waals surface area contributed by atoms with E-state index < -0.39 is 0 Å². The van der Waals surface area contributed by atoms with Gasteiger partial charge in [0.1, 0.15) is 17.2 Å². The van der Waals surface area contributed by atoms with Gasteiger partial charge < -0.3 is 10.1 Å². The van der Waals surface area contributed by atoms with Crippen molar-refractivity contribution in [3.63, 3.8) is 0 Å². The Morgan fingerprint density at radius 2 is 2.04 bits per heavy atom. The van der Waals surface area contributed by atoms with Crippen molar-refractivity contribution in [3.8, 4) is 17.0 Å². The highest BCUT2D eigenvalue weighted by Crippen LogP contribution is 2.33. The van der Waals surface area contributed by atoms with E-state index in [0.29, 0.717) is 6.61 Å². The van der Waals surface area contributed by atoms with Gasteiger partial charge in [0.25, 0.3) is 0 Å². The molecule has 1 saturated heterocycles. The van der Waals surface area contributed by atoms with E-state index >= 15 is 0 Å². The first-order valence-corrected chi connectivity index (χ1v) is 9.58. The maximum Gasteiger partial charge on any atom is 0.139 e. The molecule has 1 aromatic carbocycles. The van der Waals surface area contributed by atoms with Crippen LogP contribution < -0.4 is 10.1 Å². The summed E-state index contributed by atoms with van der Waals surface area (Å²) in [6.45, 7) is 7.28. The first-order chi connectivity index (χ1) is 13.3. The average molecular weight is 368 g/mol. The molecule has 5 nitrogen and oxygen atoms in total. The van der Waals surface area contributed by atoms with Gasteiger partial charge in [0.2, 0.25) is 0 Å². The molecule has 142 valence electrons. The SMILES string of the molecule is CCOc1ccccc1-c1nc2ccc(F)cn2c1CN1CCCNCC1. The summed E-state index contributed by atoms with van der Waals surface area (Å²) in [6, 6.07) is 11.1. The Bertz CT molecular complexity index is 916. The van der Waals surface area contributed by atoms with Crippen molar-refractivity contribution in [1.29, 1.82) is 0 Å². The van der Waals surface area contributed by atoms with Crippen molar-refractivity contribution in [2.24, 2.45) is 0 Å². The molecule has 0 atom stereocenters. The average Bonchev–Trinajstić information content (AvgIpc) is 2.84. The summed E-state index contributed by atoms with van der Waals surface area (Å²) >= 11 is 0. The molecule has 4 rings (SSSR count). The van der Waals surface area contributed by atoms with E-state index in [1.54, 1.807) is 6.07 Å². The first kappa shape index (κ1) is 17.9. The Balaban J connectivity index is 1.82. The van der Waals surface area contributed by atoms with Gasteiger partial charge in [-0.3, -0.25) is 9.30 Å². The Labute approximate surface area is 158 Å². The Morgan fingerprint density at radius 1 is 1.15 bits per heavy atom. The van der Waals surface area contributed by atoms with E-state index in [1.807, 2.05) is 35.6 Å². The molecular weight excluding hydrogens is 343 g/mol. The topological polar surface area (TPSA) is 41.8 Å². The van der Waals surface area contributed by atoms with Gasteiger partial charge in [0.15, 0.2) is 0 Å². The number of hydrogen-bond donors (Lipinski definition) is 1. The minimum Gasteiger partial charge on any atom is -0.493 e. The molecule has 1 fully saturated rings. The molecule has 0 aliphatic carbocycles. The lowest BCUT2D eigenvalue weighted by molar-refractivity contribution is 0.280. The molecule has 1 aliphatic rings. The first-order valence-electron chi connectivity index (χ1n) is 9.58. The smallest absolute Gasteiger partial charge is 0.139 e. The number of imidazole rings is 1. The number of halogens is 1. The van der Waals surface area contributed by atoms with Crippen molar-refractivity contribution >= 4 is 5.65 Å². The summed E-state index contributed by atoms with van der Waals surface area (Å²) in [4.78, 5) is 7.23. The third-order valence-corrected chi connectivity index (χ3v) is 4.93. The summed E-state index contributed by atoms with van der Waals surface area (Å²) in [5, 5.41) is 3.43. The molecule has 0 unspecified atom stereocenters. The van der Waals surface area contributed by atoms with E-state index in [9.17, 15) is 4.39 Å². The summed E-state index contributed by atoms with van der Waals surface area (Å²) in [6.07, 6.45) is 2.64. The van der Waals surface area contributed by atoms with Gasteiger partial charge >= 0.3 is 0 Å². The molecule has 0 spiro atoms. The van der Waals surface area contributed by atoms with E-state index in [0.717, 1.165) is 67.5 Å². The maximum absolute atomic E-state index is 14.0. The molecule has 1 N–H and O–H groups in total. The maximum atomic E-state index is 14.0. The molecule has 6 heteroatoms. The fourth-order valence-electron chi connectivity index (χ4n) is 3.65. The lowest BCUT2D eigenvalue weighted by Crippen LogP contribution is -2.28. The molecule has 0 bridgehead atoms.